The first-order valence-corrected chi connectivity index (χ1v) is 13.7. The second kappa shape index (κ2) is 8.76. The molecule has 4 aliphatic rings. The fourth-order valence-corrected chi connectivity index (χ4v) is 7.22. The maximum Gasteiger partial charge on any atom is 0.253 e. The number of rotatable bonds is 3. The Morgan fingerprint density at radius 3 is 2.54 bits per heavy atom. The minimum absolute atomic E-state index is 0.206. The molecule has 1 aromatic heterocycles. The van der Waals surface area contributed by atoms with Crippen LogP contribution in [0.15, 0.2) is 73.6 Å². The number of pyridine rings is 1. The number of benzene rings is 2. The molecule has 2 aromatic carbocycles. The van der Waals surface area contributed by atoms with Gasteiger partial charge in [-0.05, 0) is 78.5 Å². The van der Waals surface area contributed by atoms with Gasteiger partial charge in [0, 0.05) is 67.6 Å². The van der Waals surface area contributed by atoms with E-state index < -0.39 is 0 Å². The van der Waals surface area contributed by atoms with Gasteiger partial charge in [0.2, 0.25) is 0 Å². The summed E-state index contributed by atoms with van der Waals surface area (Å²) in [4.78, 5) is 24.8. The van der Waals surface area contributed by atoms with E-state index in [-0.39, 0.29) is 11.3 Å². The van der Waals surface area contributed by atoms with Crippen LogP contribution in [0.5, 0.6) is 0 Å². The summed E-state index contributed by atoms with van der Waals surface area (Å²) < 4.78 is 0. The molecule has 0 unspecified atom stereocenters. The van der Waals surface area contributed by atoms with Crippen LogP contribution in [0.1, 0.15) is 64.3 Å². The number of hydrogen-bond donors (Lipinski definition) is 0. The highest BCUT2D eigenvalue weighted by atomic mass is 16.2. The molecule has 7 rings (SSSR count). The minimum atomic E-state index is 0.206. The molecule has 3 aliphatic heterocycles. The third-order valence-corrected chi connectivity index (χ3v) is 9.41. The third kappa shape index (κ3) is 3.83. The zero-order valence-corrected chi connectivity index (χ0v) is 21.4. The highest BCUT2D eigenvalue weighted by molar-refractivity contribution is 5.95. The predicted molar refractivity (Wildman–Crippen MR) is 147 cm³/mol. The average Bonchev–Trinajstić information content (AvgIpc) is 3.65. The maximum absolute atomic E-state index is 13.6. The van der Waals surface area contributed by atoms with Gasteiger partial charge >= 0.3 is 0 Å². The van der Waals surface area contributed by atoms with Crippen LogP contribution < -0.4 is 4.90 Å². The lowest BCUT2D eigenvalue weighted by molar-refractivity contribution is 0.0764. The number of carbonyl (C=O) groups excluding carboxylic acids is 1. The number of piperidine rings is 1. The summed E-state index contributed by atoms with van der Waals surface area (Å²) in [7, 11) is 0. The lowest BCUT2D eigenvalue weighted by Gasteiger charge is -2.40. The Balaban J connectivity index is 1.02. The zero-order chi connectivity index (χ0) is 25.0. The Bertz CT molecular complexity index is 1360. The number of aromatic nitrogens is 1. The fraction of sp³-hybridized carbons (Fsp3) is 0.375. The van der Waals surface area contributed by atoms with Gasteiger partial charge in [-0.2, -0.15) is 0 Å². The number of fused-ring (bicyclic) bond motifs is 2. The molecule has 0 bridgehead atoms. The van der Waals surface area contributed by atoms with Crippen molar-refractivity contribution in [1.82, 2.24) is 14.8 Å². The lowest BCUT2D eigenvalue weighted by Crippen LogP contribution is -2.42. The summed E-state index contributed by atoms with van der Waals surface area (Å²) >= 11 is 0. The molecule has 1 amide bonds. The summed E-state index contributed by atoms with van der Waals surface area (Å²) in [5.74, 6) is 0.206. The Labute approximate surface area is 219 Å². The van der Waals surface area contributed by atoms with Crippen LogP contribution in [0.3, 0.4) is 0 Å². The van der Waals surface area contributed by atoms with E-state index in [1.807, 2.05) is 12.4 Å². The van der Waals surface area contributed by atoms with Crippen LogP contribution in [-0.2, 0) is 13.0 Å². The van der Waals surface area contributed by atoms with Crippen molar-refractivity contribution in [1.29, 1.82) is 0 Å². The van der Waals surface area contributed by atoms with Crippen molar-refractivity contribution in [3.63, 3.8) is 0 Å². The quantitative estimate of drug-likeness (QED) is 0.473. The highest BCUT2D eigenvalue weighted by Gasteiger charge is 2.42. The number of carbonyl (C=O) groups is 1. The topological polar surface area (TPSA) is 39.7 Å². The lowest BCUT2D eigenvalue weighted by atomic mass is 9.77. The van der Waals surface area contributed by atoms with Crippen molar-refractivity contribution in [2.24, 2.45) is 5.41 Å². The molecular weight excluding hydrogens is 456 g/mol. The maximum atomic E-state index is 13.6. The summed E-state index contributed by atoms with van der Waals surface area (Å²) in [6.07, 6.45) is 9.26. The Hall–Kier alpha value is -3.60. The van der Waals surface area contributed by atoms with Gasteiger partial charge < -0.3 is 14.7 Å². The van der Waals surface area contributed by atoms with Crippen molar-refractivity contribution < 1.29 is 4.79 Å². The average molecular weight is 491 g/mol. The second-order valence-electron chi connectivity index (χ2n) is 11.4. The van der Waals surface area contributed by atoms with E-state index in [0.717, 1.165) is 76.1 Å². The molecule has 1 atom stereocenters. The van der Waals surface area contributed by atoms with Gasteiger partial charge in [0.25, 0.3) is 5.91 Å². The van der Waals surface area contributed by atoms with Crippen molar-refractivity contribution in [2.75, 3.05) is 31.1 Å². The SMILES string of the molecule is C=C1c2ccccc2CN1[C@@H]1CCc2cc(C(=O)N3CCC4(CCN(c5ccncc5)CC4)C3)ccc21. The normalized spacial score (nSPS) is 22.0. The summed E-state index contributed by atoms with van der Waals surface area (Å²) in [5, 5.41) is 0. The molecule has 2 fully saturated rings. The first-order valence-electron chi connectivity index (χ1n) is 13.7. The van der Waals surface area contributed by atoms with Crippen molar-refractivity contribution in [2.45, 2.75) is 44.7 Å². The van der Waals surface area contributed by atoms with Crippen molar-refractivity contribution in [3.8, 4) is 0 Å². The largest absolute Gasteiger partial charge is 0.371 e. The second-order valence-corrected chi connectivity index (χ2v) is 11.4. The number of hydrogen-bond acceptors (Lipinski definition) is 4. The van der Waals surface area contributed by atoms with Crippen LogP contribution in [0.4, 0.5) is 5.69 Å². The number of nitrogens with zero attached hydrogens (tertiary/aromatic N) is 4. The highest BCUT2D eigenvalue weighted by Crippen LogP contribution is 2.45. The Morgan fingerprint density at radius 1 is 0.946 bits per heavy atom. The molecule has 2 saturated heterocycles. The number of aryl methyl sites for hydroxylation is 1. The first kappa shape index (κ1) is 22.6. The molecule has 0 saturated carbocycles. The number of amides is 1. The summed E-state index contributed by atoms with van der Waals surface area (Å²) in [6.45, 7) is 9.21. The molecule has 188 valence electrons. The van der Waals surface area contributed by atoms with Crippen molar-refractivity contribution >= 4 is 17.3 Å². The molecule has 5 nitrogen and oxygen atoms in total. The van der Waals surface area contributed by atoms with E-state index in [4.69, 9.17) is 0 Å². The molecule has 0 radical (unpaired) electrons. The number of anilines is 1. The molecule has 1 spiro atoms. The van der Waals surface area contributed by atoms with E-state index >= 15 is 0 Å². The van der Waals surface area contributed by atoms with Gasteiger partial charge in [-0.25, -0.2) is 0 Å². The van der Waals surface area contributed by atoms with Crippen LogP contribution in [-0.4, -0.2) is 46.9 Å². The molecule has 1 aliphatic carbocycles. The standard InChI is InChI=1S/C32H34N4O/c1-23-28-5-3-2-4-26(28)21-36(23)30-9-7-24-20-25(6-8-29(24)30)31(37)35-19-14-32(22-35)12-17-34(18-13-32)27-10-15-33-16-11-27/h2-6,8,10-11,15-16,20,30H,1,7,9,12-14,17-19,21-22H2/t30-/m1/s1. The Morgan fingerprint density at radius 2 is 1.73 bits per heavy atom. The first-order chi connectivity index (χ1) is 18.1. The monoisotopic (exact) mass is 490 g/mol. The van der Waals surface area contributed by atoms with Crippen LogP contribution in [0.25, 0.3) is 5.70 Å². The molecule has 0 N–H and O–H groups in total. The molecular formula is C32H34N4O. The molecule has 3 aromatic rings. The summed E-state index contributed by atoms with van der Waals surface area (Å²) in [5.41, 5.74) is 8.85. The van der Waals surface area contributed by atoms with E-state index in [0.29, 0.717) is 6.04 Å². The predicted octanol–water partition coefficient (Wildman–Crippen LogP) is 5.69. The van der Waals surface area contributed by atoms with Gasteiger partial charge in [0.1, 0.15) is 0 Å². The van der Waals surface area contributed by atoms with Crippen LogP contribution in [0.2, 0.25) is 0 Å². The fourth-order valence-electron chi connectivity index (χ4n) is 7.22. The van der Waals surface area contributed by atoms with Gasteiger partial charge in [-0.1, -0.05) is 36.9 Å². The van der Waals surface area contributed by atoms with Gasteiger partial charge in [0.05, 0.1) is 6.04 Å². The van der Waals surface area contributed by atoms with E-state index in [2.05, 4.69) is 80.9 Å². The molecule has 37 heavy (non-hydrogen) atoms. The van der Waals surface area contributed by atoms with Crippen LogP contribution >= 0.6 is 0 Å². The van der Waals surface area contributed by atoms with Gasteiger partial charge in [0.15, 0.2) is 0 Å². The van der Waals surface area contributed by atoms with E-state index in [9.17, 15) is 4.79 Å². The van der Waals surface area contributed by atoms with Crippen LogP contribution in [0, 0.1) is 5.41 Å². The molecule has 4 heterocycles. The number of likely N-dealkylation sites (tertiary alicyclic amines) is 1. The molecule has 5 heteroatoms. The summed E-state index contributed by atoms with van der Waals surface area (Å²) in [6, 6.07) is 19.6. The minimum Gasteiger partial charge on any atom is -0.371 e. The van der Waals surface area contributed by atoms with E-state index in [1.54, 1.807) is 0 Å². The third-order valence-electron chi connectivity index (χ3n) is 9.41. The Kier molecular flexibility index (Phi) is 5.35. The zero-order valence-electron chi connectivity index (χ0n) is 21.4. The van der Waals surface area contributed by atoms with Gasteiger partial charge in [-0.3, -0.25) is 9.78 Å². The van der Waals surface area contributed by atoms with Crippen molar-refractivity contribution in [3.05, 3.63) is 101 Å². The smallest absolute Gasteiger partial charge is 0.253 e. The van der Waals surface area contributed by atoms with Gasteiger partial charge in [-0.15, -0.1) is 0 Å². The van der Waals surface area contributed by atoms with E-state index in [1.165, 1.54) is 27.9 Å².